The van der Waals surface area contributed by atoms with Crippen molar-refractivity contribution in [3.8, 4) is 22.3 Å². The van der Waals surface area contributed by atoms with E-state index < -0.39 is 0 Å². The molecule has 0 N–H and O–H groups in total. The largest absolute Gasteiger partial charge is 0.310 e. The van der Waals surface area contributed by atoms with Crippen LogP contribution in [0.15, 0.2) is 218 Å². The molecule has 0 bridgehead atoms. The summed E-state index contributed by atoms with van der Waals surface area (Å²) < 4.78 is 0. The number of hydrogen-bond donors (Lipinski definition) is 0. The molecule has 10 rings (SSSR count). The summed E-state index contributed by atoms with van der Waals surface area (Å²) in [6.07, 6.45) is 0. The minimum atomic E-state index is 0.989. The minimum Gasteiger partial charge on any atom is -0.310 e. The van der Waals surface area contributed by atoms with Crippen molar-refractivity contribution in [3.05, 3.63) is 253 Å². The van der Waals surface area contributed by atoms with E-state index in [9.17, 15) is 0 Å². The quantitative estimate of drug-likeness (QED) is 0.151. The number of hydrogen-bond acceptors (Lipinski definition) is 2. The molecule has 0 aliphatic heterocycles. The Morgan fingerprint density at radius 1 is 0.297 bits per heavy atom. The first kappa shape index (κ1) is 40.0. The van der Waals surface area contributed by atoms with Crippen molar-refractivity contribution in [1.82, 2.24) is 0 Å². The molecule has 0 amide bonds. The lowest BCUT2D eigenvalue weighted by atomic mass is 9.97. The van der Waals surface area contributed by atoms with Gasteiger partial charge in [0.05, 0.1) is 11.4 Å². The molecule has 0 aliphatic carbocycles. The first-order valence-corrected chi connectivity index (χ1v) is 22.0. The third-order valence-electron chi connectivity index (χ3n) is 12.2. The van der Waals surface area contributed by atoms with Gasteiger partial charge in [0.25, 0.3) is 0 Å². The Labute approximate surface area is 377 Å². The fraction of sp³-hybridized carbons (Fsp3) is 0.0645. The van der Waals surface area contributed by atoms with Crippen LogP contribution in [0.3, 0.4) is 0 Å². The zero-order chi connectivity index (χ0) is 43.6. The van der Waals surface area contributed by atoms with E-state index in [1.807, 2.05) is 0 Å². The van der Waals surface area contributed by atoms with Crippen LogP contribution in [-0.4, -0.2) is 0 Å². The van der Waals surface area contributed by atoms with Gasteiger partial charge in [-0.25, -0.2) is 0 Å². The fourth-order valence-electron chi connectivity index (χ4n) is 8.59. The molecule has 0 atom stereocenters. The van der Waals surface area contributed by atoms with Gasteiger partial charge < -0.3 is 9.80 Å². The van der Waals surface area contributed by atoms with Crippen LogP contribution >= 0.6 is 0 Å². The van der Waals surface area contributed by atoms with E-state index in [2.05, 4.69) is 268 Å². The lowest BCUT2D eigenvalue weighted by molar-refractivity contribution is 1.27. The lowest BCUT2D eigenvalue weighted by Crippen LogP contribution is -2.12. The summed E-state index contributed by atoms with van der Waals surface area (Å²) in [5.41, 5.74) is 15.5. The molecule has 10 aromatic carbocycles. The number of nitrogens with zero attached hydrogens (tertiary/aromatic N) is 2. The summed E-state index contributed by atoms with van der Waals surface area (Å²) in [5.74, 6) is 0. The molecule has 0 radical (unpaired) electrons. The van der Waals surface area contributed by atoms with E-state index in [4.69, 9.17) is 0 Å². The second-order valence-corrected chi connectivity index (χ2v) is 16.8. The Bertz CT molecular complexity index is 3080. The van der Waals surface area contributed by atoms with Gasteiger partial charge in [-0.1, -0.05) is 168 Å². The van der Waals surface area contributed by atoms with E-state index in [1.165, 1.54) is 33.0 Å². The molecule has 0 aromatic heterocycles. The van der Waals surface area contributed by atoms with Gasteiger partial charge in [-0.15, -0.1) is 0 Å². The first-order valence-electron chi connectivity index (χ1n) is 22.0. The highest BCUT2D eigenvalue weighted by molar-refractivity contribution is 6.07. The van der Waals surface area contributed by atoms with Crippen molar-refractivity contribution < 1.29 is 0 Å². The van der Waals surface area contributed by atoms with Crippen molar-refractivity contribution in [3.63, 3.8) is 0 Å². The van der Waals surface area contributed by atoms with Gasteiger partial charge >= 0.3 is 0 Å². The molecule has 2 nitrogen and oxygen atoms in total. The number of anilines is 6. The number of rotatable bonds is 8. The average Bonchev–Trinajstić information content (AvgIpc) is 3.33. The van der Waals surface area contributed by atoms with Crippen molar-refractivity contribution in [1.29, 1.82) is 0 Å². The van der Waals surface area contributed by atoms with Crippen LogP contribution in [0.4, 0.5) is 34.1 Å². The van der Waals surface area contributed by atoms with Crippen LogP contribution in [0.1, 0.15) is 22.3 Å². The Kier molecular flexibility index (Phi) is 10.8. The zero-order valence-electron chi connectivity index (χ0n) is 36.7. The predicted molar refractivity (Wildman–Crippen MR) is 273 cm³/mol. The maximum absolute atomic E-state index is 3.53. The maximum atomic E-state index is 3.53. The normalized spacial score (nSPS) is 11.0. The van der Waals surface area contributed by atoms with Crippen LogP contribution in [0.5, 0.6) is 0 Å². The molecule has 64 heavy (non-hydrogen) atoms. The van der Waals surface area contributed by atoms with Crippen molar-refractivity contribution >= 4 is 66.4 Å². The highest BCUT2D eigenvalue weighted by Gasteiger charge is 2.20. The standard InChI is InChI=1S/C62H48N2/c1-43-16-30-55(31-17-43)63(56-32-18-44(2)19-33-56)61-15-9-14-49(52-26-24-47-10-5-7-12-50(47)40-52)29-39-62(64(57-34-20-45(3)21-35-57)58-36-22-46(4)23-37-58)59-38-28-54(42-60(59)61)53-27-25-48-11-6-8-13-51(48)41-53/h5-24,26,28-42H,1-4H3. The van der Waals surface area contributed by atoms with E-state index >= 15 is 0 Å². The molecule has 306 valence electrons. The topological polar surface area (TPSA) is 6.48 Å². The van der Waals surface area contributed by atoms with Crippen LogP contribution in [0.25, 0.3) is 54.6 Å². The van der Waals surface area contributed by atoms with Gasteiger partial charge in [0.2, 0.25) is 0 Å². The Morgan fingerprint density at radius 2 is 0.781 bits per heavy atom. The summed E-state index contributed by atoms with van der Waals surface area (Å²) in [6.45, 7) is 8.58. The van der Waals surface area contributed by atoms with E-state index in [0.29, 0.717) is 0 Å². The average molecular weight is 821 g/mol. The second kappa shape index (κ2) is 17.3. The summed E-state index contributed by atoms with van der Waals surface area (Å²) in [7, 11) is 0. The Balaban J connectivity index is 1.36. The van der Waals surface area contributed by atoms with Crippen LogP contribution in [-0.2, 0) is 0 Å². The summed E-state index contributed by atoms with van der Waals surface area (Å²) in [4.78, 5) is 4.82. The summed E-state index contributed by atoms with van der Waals surface area (Å²) in [6, 6.07) is 86.7. The molecular weight excluding hydrogens is 773 g/mol. The van der Waals surface area contributed by atoms with Gasteiger partial charge in [-0.3, -0.25) is 0 Å². The minimum absolute atomic E-state index is 0.989. The molecule has 0 heterocycles. The molecule has 0 spiro atoms. The van der Waals surface area contributed by atoms with Gasteiger partial charge in [-0.2, -0.15) is 0 Å². The van der Waals surface area contributed by atoms with Gasteiger partial charge in [0.1, 0.15) is 0 Å². The summed E-state index contributed by atoms with van der Waals surface area (Å²) >= 11 is 0. The van der Waals surface area contributed by atoms with Crippen molar-refractivity contribution in [2.45, 2.75) is 27.7 Å². The monoisotopic (exact) mass is 820 g/mol. The third-order valence-corrected chi connectivity index (χ3v) is 12.2. The Morgan fingerprint density at radius 3 is 1.36 bits per heavy atom. The molecule has 0 unspecified atom stereocenters. The SMILES string of the molecule is Cc1ccc(N(c2ccc(C)cc2)c2ccc(-c3ccc4ccccc4c3)cccc(N(c3ccc(C)cc3)c3ccc(C)cc3)c3cc(-c4c#cc5ccccc5c4)ccc23)cc1. The number of benzene rings is 8. The van der Waals surface area contributed by atoms with Crippen LogP contribution in [0, 0.1) is 39.8 Å². The number of fused-ring (bicyclic) bond motifs is 3. The van der Waals surface area contributed by atoms with E-state index in [0.717, 1.165) is 77.9 Å². The third kappa shape index (κ3) is 8.16. The van der Waals surface area contributed by atoms with E-state index in [1.54, 1.807) is 0 Å². The highest BCUT2D eigenvalue weighted by atomic mass is 15.2. The van der Waals surface area contributed by atoms with E-state index in [-0.39, 0.29) is 0 Å². The van der Waals surface area contributed by atoms with Crippen LogP contribution < -0.4 is 9.80 Å². The van der Waals surface area contributed by atoms with Crippen LogP contribution in [0.2, 0.25) is 0 Å². The van der Waals surface area contributed by atoms with Crippen molar-refractivity contribution in [2.24, 2.45) is 0 Å². The highest BCUT2D eigenvalue weighted by Crippen LogP contribution is 2.45. The molecule has 2 heteroatoms. The molecular formula is C62H48N2. The molecule has 10 aromatic rings. The van der Waals surface area contributed by atoms with Gasteiger partial charge in [-0.05, 0) is 145 Å². The van der Waals surface area contributed by atoms with Gasteiger partial charge in [0.15, 0.2) is 0 Å². The molecule has 0 saturated heterocycles. The predicted octanol–water partition coefficient (Wildman–Crippen LogP) is 17.4. The fourth-order valence-corrected chi connectivity index (χ4v) is 8.59. The maximum Gasteiger partial charge on any atom is 0.0541 e. The molecule has 0 fully saturated rings. The lowest BCUT2D eigenvalue weighted by Gasteiger charge is -2.29. The smallest absolute Gasteiger partial charge is 0.0541 e. The van der Waals surface area contributed by atoms with Gasteiger partial charge in [0, 0.05) is 44.5 Å². The summed E-state index contributed by atoms with van der Waals surface area (Å²) in [5, 5.41) is 6.76. The van der Waals surface area contributed by atoms with Crippen molar-refractivity contribution in [2.75, 3.05) is 9.80 Å². The Hall–Kier alpha value is -8.12. The first-order chi connectivity index (χ1) is 31.3. The second-order valence-electron chi connectivity index (χ2n) is 16.8. The number of aryl methyl sites for hydroxylation is 4. The molecule has 0 saturated carbocycles. The zero-order valence-corrected chi connectivity index (χ0v) is 36.7. The molecule has 0 aliphatic rings.